The van der Waals surface area contributed by atoms with Crippen LogP contribution in [0.3, 0.4) is 0 Å². The zero-order chi connectivity index (χ0) is 11.3. The lowest BCUT2D eigenvalue weighted by Crippen LogP contribution is -2.01. The Bertz CT molecular complexity index is 365. The van der Waals surface area contributed by atoms with Gasteiger partial charge in [-0.05, 0) is 37.1 Å². The molecule has 0 fully saturated rings. The SMILES string of the molecule is C#CC(C)Cc1cc(Cl)ccc1OCC. The van der Waals surface area contributed by atoms with E-state index in [1.165, 1.54) is 0 Å². The molecule has 1 aromatic carbocycles. The molecule has 0 aliphatic heterocycles. The summed E-state index contributed by atoms with van der Waals surface area (Å²) < 4.78 is 5.51. The average molecular weight is 223 g/mol. The molecule has 0 saturated heterocycles. The first kappa shape index (κ1) is 11.9. The van der Waals surface area contributed by atoms with Gasteiger partial charge in [-0.2, -0.15) is 0 Å². The fourth-order valence-corrected chi connectivity index (χ4v) is 1.59. The summed E-state index contributed by atoms with van der Waals surface area (Å²) in [5, 5.41) is 0.720. The maximum atomic E-state index is 5.94. The molecular formula is C13H15ClO. The van der Waals surface area contributed by atoms with Gasteiger partial charge in [0.25, 0.3) is 0 Å². The van der Waals surface area contributed by atoms with E-state index in [0.717, 1.165) is 22.8 Å². The number of benzene rings is 1. The summed E-state index contributed by atoms with van der Waals surface area (Å²) in [6, 6.07) is 5.64. The summed E-state index contributed by atoms with van der Waals surface area (Å²) in [7, 11) is 0. The standard InChI is InChI=1S/C13H15ClO/c1-4-10(3)8-11-9-12(14)6-7-13(11)15-5-2/h1,6-7,9-10H,5,8H2,2-3H3. The second-order valence-corrected chi connectivity index (χ2v) is 3.89. The van der Waals surface area contributed by atoms with Crippen LogP contribution in [0.25, 0.3) is 0 Å². The van der Waals surface area contributed by atoms with Gasteiger partial charge in [0.15, 0.2) is 0 Å². The fourth-order valence-electron chi connectivity index (χ4n) is 1.39. The zero-order valence-electron chi connectivity index (χ0n) is 9.09. The predicted octanol–water partition coefficient (Wildman–Crippen LogP) is 3.55. The molecule has 0 radical (unpaired) electrons. The smallest absolute Gasteiger partial charge is 0.122 e. The van der Waals surface area contributed by atoms with Crippen molar-refractivity contribution in [2.75, 3.05) is 6.61 Å². The summed E-state index contributed by atoms with van der Waals surface area (Å²) in [6.07, 6.45) is 6.16. The van der Waals surface area contributed by atoms with Crippen LogP contribution in [-0.4, -0.2) is 6.61 Å². The lowest BCUT2D eigenvalue weighted by atomic mass is 10.0. The average Bonchev–Trinajstić information content (AvgIpc) is 2.22. The summed E-state index contributed by atoms with van der Waals surface area (Å²) in [5.41, 5.74) is 1.08. The molecule has 1 unspecified atom stereocenters. The Balaban J connectivity index is 2.92. The summed E-state index contributed by atoms with van der Waals surface area (Å²) in [4.78, 5) is 0. The summed E-state index contributed by atoms with van der Waals surface area (Å²) >= 11 is 5.94. The second kappa shape index (κ2) is 5.68. The first-order chi connectivity index (χ1) is 7.17. The number of terminal acetylenes is 1. The van der Waals surface area contributed by atoms with Crippen molar-refractivity contribution in [3.8, 4) is 18.1 Å². The highest BCUT2D eigenvalue weighted by Gasteiger charge is 2.07. The summed E-state index contributed by atoms with van der Waals surface area (Å²) in [6.45, 7) is 4.62. The van der Waals surface area contributed by atoms with E-state index in [1.54, 1.807) is 0 Å². The van der Waals surface area contributed by atoms with Gasteiger partial charge in [0.2, 0.25) is 0 Å². The molecule has 0 amide bonds. The van der Waals surface area contributed by atoms with Crippen LogP contribution in [0.4, 0.5) is 0 Å². The van der Waals surface area contributed by atoms with Crippen LogP contribution in [0.2, 0.25) is 5.02 Å². The number of ether oxygens (including phenoxy) is 1. The van der Waals surface area contributed by atoms with Gasteiger partial charge in [-0.3, -0.25) is 0 Å². The lowest BCUT2D eigenvalue weighted by Gasteiger charge is -2.11. The van der Waals surface area contributed by atoms with Gasteiger partial charge < -0.3 is 4.74 Å². The number of hydrogen-bond acceptors (Lipinski definition) is 1. The van der Waals surface area contributed by atoms with Gasteiger partial charge in [0.1, 0.15) is 5.75 Å². The number of halogens is 1. The Morgan fingerprint density at radius 2 is 2.27 bits per heavy atom. The van der Waals surface area contributed by atoms with E-state index in [2.05, 4.69) is 5.92 Å². The van der Waals surface area contributed by atoms with Gasteiger partial charge in [-0.15, -0.1) is 12.3 Å². The zero-order valence-corrected chi connectivity index (χ0v) is 9.84. The maximum absolute atomic E-state index is 5.94. The third-order valence-corrected chi connectivity index (χ3v) is 2.37. The normalized spacial score (nSPS) is 11.9. The predicted molar refractivity (Wildman–Crippen MR) is 64.3 cm³/mol. The molecule has 1 atom stereocenters. The van der Waals surface area contributed by atoms with Crippen LogP contribution in [0, 0.1) is 18.3 Å². The van der Waals surface area contributed by atoms with Crippen LogP contribution >= 0.6 is 11.6 Å². The number of rotatable bonds is 4. The molecule has 2 heteroatoms. The molecule has 80 valence electrons. The van der Waals surface area contributed by atoms with E-state index in [-0.39, 0.29) is 5.92 Å². The molecule has 0 aliphatic rings. The van der Waals surface area contributed by atoms with Crippen molar-refractivity contribution >= 4 is 11.6 Å². The van der Waals surface area contributed by atoms with E-state index >= 15 is 0 Å². The lowest BCUT2D eigenvalue weighted by molar-refractivity contribution is 0.335. The van der Waals surface area contributed by atoms with Crippen molar-refractivity contribution in [3.05, 3.63) is 28.8 Å². The van der Waals surface area contributed by atoms with Gasteiger partial charge in [-0.25, -0.2) is 0 Å². The molecule has 0 aromatic heterocycles. The Kier molecular flexibility index (Phi) is 4.52. The minimum atomic E-state index is 0.197. The van der Waals surface area contributed by atoms with Crippen molar-refractivity contribution < 1.29 is 4.74 Å². The maximum Gasteiger partial charge on any atom is 0.122 e. The van der Waals surface area contributed by atoms with Crippen LogP contribution < -0.4 is 4.74 Å². The van der Waals surface area contributed by atoms with Gasteiger partial charge in [0.05, 0.1) is 6.61 Å². The molecule has 15 heavy (non-hydrogen) atoms. The first-order valence-corrected chi connectivity index (χ1v) is 5.42. The van der Waals surface area contributed by atoms with Crippen molar-refractivity contribution in [1.29, 1.82) is 0 Å². The van der Waals surface area contributed by atoms with E-state index < -0.39 is 0 Å². The van der Waals surface area contributed by atoms with Crippen LogP contribution in [0.5, 0.6) is 5.75 Å². The number of hydrogen-bond donors (Lipinski definition) is 0. The minimum absolute atomic E-state index is 0.197. The highest BCUT2D eigenvalue weighted by Crippen LogP contribution is 2.25. The van der Waals surface area contributed by atoms with Gasteiger partial charge in [0, 0.05) is 10.9 Å². The largest absolute Gasteiger partial charge is 0.494 e. The monoisotopic (exact) mass is 222 g/mol. The minimum Gasteiger partial charge on any atom is -0.494 e. The van der Waals surface area contributed by atoms with Crippen LogP contribution in [-0.2, 0) is 6.42 Å². The molecular weight excluding hydrogens is 208 g/mol. The molecule has 0 saturated carbocycles. The Morgan fingerprint density at radius 3 is 2.87 bits per heavy atom. The highest BCUT2D eigenvalue weighted by atomic mass is 35.5. The molecule has 1 aromatic rings. The Morgan fingerprint density at radius 1 is 1.53 bits per heavy atom. The van der Waals surface area contributed by atoms with E-state index in [1.807, 2.05) is 32.0 Å². The van der Waals surface area contributed by atoms with E-state index in [9.17, 15) is 0 Å². The second-order valence-electron chi connectivity index (χ2n) is 3.46. The Labute approximate surface area is 96.4 Å². The molecule has 0 bridgehead atoms. The Hall–Kier alpha value is -1.13. The molecule has 1 rings (SSSR count). The fraction of sp³-hybridized carbons (Fsp3) is 0.385. The highest BCUT2D eigenvalue weighted by molar-refractivity contribution is 6.30. The first-order valence-electron chi connectivity index (χ1n) is 5.04. The van der Waals surface area contributed by atoms with E-state index in [0.29, 0.717) is 6.61 Å². The van der Waals surface area contributed by atoms with E-state index in [4.69, 9.17) is 22.8 Å². The van der Waals surface area contributed by atoms with Crippen molar-refractivity contribution in [3.63, 3.8) is 0 Å². The van der Waals surface area contributed by atoms with Crippen LogP contribution in [0.1, 0.15) is 19.4 Å². The van der Waals surface area contributed by atoms with Crippen molar-refractivity contribution in [1.82, 2.24) is 0 Å². The van der Waals surface area contributed by atoms with Gasteiger partial charge >= 0.3 is 0 Å². The quantitative estimate of drug-likeness (QED) is 0.708. The molecule has 0 N–H and O–H groups in total. The van der Waals surface area contributed by atoms with Crippen molar-refractivity contribution in [2.24, 2.45) is 5.92 Å². The molecule has 0 spiro atoms. The van der Waals surface area contributed by atoms with Crippen LogP contribution in [0.15, 0.2) is 18.2 Å². The molecule has 1 nitrogen and oxygen atoms in total. The third kappa shape index (κ3) is 3.49. The third-order valence-electron chi connectivity index (χ3n) is 2.13. The molecule has 0 aliphatic carbocycles. The van der Waals surface area contributed by atoms with Gasteiger partial charge in [-0.1, -0.05) is 18.5 Å². The topological polar surface area (TPSA) is 9.23 Å². The van der Waals surface area contributed by atoms with Crippen molar-refractivity contribution in [2.45, 2.75) is 20.3 Å². The molecule has 0 heterocycles. The summed E-state index contributed by atoms with van der Waals surface area (Å²) in [5.74, 6) is 3.78.